The lowest BCUT2D eigenvalue weighted by molar-refractivity contribution is 0.171. The van der Waals surface area contributed by atoms with Crippen LogP contribution in [0.4, 0.5) is 4.79 Å². The second-order valence-electron chi connectivity index (χ2n) is 7.76. The molecule has 1 saturated heterocycles. The Bertz CT molecular complexity index is 1330. The Hall–Kier alpha value is -3.79. The maximum absolute atomic E-state index is 12.1. The van der Waals surface area contributed by atoms with E-state index in [9.17, 15) is 9.90 Å². The lowest BCUT2D eigenvalue weighted by atomic mass is 10.1. The number of aromatic amines is 1. The lowest BCUT2D eigenvalue weighted by Gasteiger charge is -2.21. The number of benzene rings is 1. The SMILES string of the molecule is NC(=O)N1CC(O)CC1c1nc(-c2ccc3c(c2)OCCO3)c2cnc3[nH]ccc3n12. The number of likely N-dealkylation sites (tertiary alicyclic amines) is 1. The minimum atomic E-state index is -0.661. The van der Waals surface area contributed by atoms with Gasteiger partial charge in [0.2, 0.25) is 0 Å². The molecule has 5 heterocycles. The fourth-order valence-corrected chi connectivity index (χ4v) is 4.51. The Balaban J connectivity index is 1.59. The summed E-state index contributed by atoms with van der Waals surface area (Å²) in [6.07, 6.45) is 3.25. The minimum absolute atomic E-state index is 0.176. The molecule has 1 aromatic carbocycles. The highest BCUT2D eigenvalue weighted by Crippen LogP contribution is 2.39. The number of hydrogen-bond acceptors (Lipinski definition) is 6. The van der Waals surface area contributed by atoms with Gasteiger partial charge in [0.25, 0.3) is 0 Å². The molecule has 4 aromatic rings. The molecule has 0 bridgehead atoms. The Morgan fingerprint density at radius 3 is 2.87 bits per heavy atom. The van der Waals surface area contributed by atoms with E-state index in [-0.39, 0.29) is 6.54 Å². The number of hydrogen-bond donors (Lipinski definition) is 3. The van der Waals surface area contributed by atoms with Gasteiger partial charge in [0.05, 0.1) is 35.1 Å². The zero-order valence-corrected chi connectivity index (χ0v) is 16.5. The van der Waals surface area contributed by atoms with Crippen molar-refractivity contribution >= 4 is 22.7 Å². The van der Waals surface area contributed by atoms with E-state index in [2.05, 4.69) is 9.97 Å². The third-order valence-corrected chi connectivity index (χ3v) is 5.88. The number of imidazole rings is 1. The van der Waals surface area contributed by atoms with Crippen LogP contribution in [0.15, 0.2) is 36.7 Å². The summed E-state index contributed by atoms with van der Waals surface area (Å²) in [5, 5.41) is 10.2. The van der Waals surface area contributed by atoms with Crippen LogP contribution in [0.5, 0.6) is 11.5 Å². The predicted octanol–water partition coefficient (Wildman–Crippen LogP) is 1.84. The Morgan fingerprint density at radius 2 is 2.03 bits per heavy atom. The molecule has 4 N–H and O–H groups in total. The van der Waals surface area contributed by atoms with E-state index in [4.69, 9.17) is 20.2 Å². The number of nitrogens with two attached hydrogens (primary N) is 1. The molecule has 2 amide bonds. The highest BCUT2D eigenvalue weighted by Gasteiger charge is 2.38. The number of amides is 2. The molecule has 2 unspecified atom stereocenters. The molecular formula is C21H20N6O4. The number of nitrogens with one attached hydrogen (secondary N) is 1. The summed E-state index contributed by atoms with van der Waals surface area (Å²) in [6.45, 7) is 1.19. The number of ether oxygens (including phenoxy) is 2. The van der Waals surface area contributed by atoms with Crippen molar-refractivity contribution in [2.24, 2.45) is 5.73 Å². The van der Waals surface area contributed by atoms with Crippen LogP contribution in [0.2, 0.25) is 0 Å². The van der Waals surface area contributed by atoms with Gasteiger partial charge < -0.3 is 30.2 Å². The summed E-state index contributed by atoms with van der Waals surface area (Å²) < 4.78 is 13.4. The molecule has 2 atom stereocenters. The van der Waals surface area contributed by atoms with Crippen LogP contribution >= 0.6 is 0 Å². The zero-order chi connectivity index (χ0) is 21.1. The van der Waals surface area contributed by atoms with E-state index < -0.39 is 18.2 Å². The molecule has 1 fully saturated rings. The van der Waals surface area contributed by atoms with Crippen molar-refractivity contribution < 1.29 is 19.4 Å². The molecule has 0 spiro atoms. The molecule has 0 aliphatic carbocycles. The van der Waals surface area contributed by atoms with Crippen molar-refractivity contribution in [1.29, 1.82) is 0 Å². The molecule has 2 aliphatic heterocycles. The zero-order valence-electron chi connectivity index (χ0n) is 16.5. The third kappa shape index (κ3) is 2.72. The first kappa shape index (κ1) is 18.0. The van der Waals surface area contributed by atoms with Gasteiger partial charge in [-0.15, -0.1) is 0 Å². The van der Waals surface area contributed by atoms with Gasteiger partial charge in [0.15, 0.2) is 17.1 Å². The largest absolute Gasteiger partial charge is 0.486 e. The van der Waals surface area contributed by atoms with Gasteiger partial charge in [-0.1, -0.05) is 0 Å². The fraction of sp³-hybridized carbons (Fsp3) is 0.286. The molecule has 3 aromatic heterocycles. The van der Waals surface area contributed by atoms with Crippen LogP contribution in [-0.4, -0.2) is 61.3 Å². The summed E-state index contributed by atoms with van der Waals surface area (Å²) in [5.41, 5.74) is 9.46. The molecule has 6 rings (SSSR count). The lowest BCUT2D eigenvalue weighted by Crippen LogP contribution is -2.36. The van der Waals surface area contributed by atoms with E-state index in [1.807, 2.05) is 28.7 Å². The molecule has 10 heteroatoms. The average Bonchev–Trinajstić information content (AvgIpc) is 3.48. The summed E-state index contributed by atoms with van der Waals surface area (Å²) in [4.78, 5) is 26.1. The Kier molecular flexibility index (Phi) is 3.84. The van der Waals surface area contributed by atoms with Crippen molar-refractivity contribution in [3.63, 3.8) is 0 Å². The summed E-state index contributed by atoms with van der Waals surface area (Å²) >= 11 is 0. The van der Waals surface area contributed by atoms with Crippen LogP contribution in [-0.2, 0) is 0 Å². The van der Waals surface area contributed by atoms with Crippen molar-refractivity contribution in [3.8, 4) is 22.8 Å². The third-order valence-electron chi connectivity index (χ3n) is 5.88. The number of rotatable bonds is 2. The van der Waals surface area contributed by atoms with Gasteiger partial charge in [-0.25, -0.2) is 14.8 Å². The van der Waals surface area contributed by atoms with Gasteiger partial charge in [-0.3, -0.25) is 4.40 Å². The summed E-state index contributed by atoms with van der Waals surface area (Å²) in [5.74, 6) is 1.99. The molecule has 0 saturated carbocycles. The molecule has 0 radical (unpaired) electrons. The highest BCUT2D eigenvalue weighted by molar-refractivity contribution is 5.85. The van der Waals surface area contributed by atoms with E-state index in [1.165, 1.54) is 4.90 Å². The van der Waals surface area contributed by atoms with Crippen molar-refractivity contribution in [2.45, 2.75) is 18.6 Å². The molecular weight excluding hydrogens is 400 g/mol. The number of aliphatic hydroxyl groups excluding tert-OH is 1. The van der Waals surface area contributed by atoms with Crippen LogP contribution in [0.1, 0.15) is 18.3 Å². The second-order valence-corrected chi connectivity index (χ2v) is 7.76. The number of carbonyl (C=O) groups is 1. The standard InChI is InChI=1S/C21H20N6O4/c22-21(29)26-10-12(28)8-14(26)20-25-18(11-1-2-16-17(7-11)31-6-5-30-16)15-9-24-19-13(27(15)20)3-4-23-19/h1-4,7,9,12,14,23,28H,5-6,8,10H2,(H2,22,29). The predicted molar refractivity (Wildman–Crippen MR) is 111 cm³/mol. The Morgan fingerprint density at radius 1 is 1.19 bits per heavy atom. The summed E-state index contributed by atoms with van der Waals surface area (Å²) in [7, 11) is 0. The number of nitrogens with zero attached hydrogens (tertiary/aromatic N) is 4. The number of urea groups is 1. The fourth-order valence-electron chi connectivity index (χ4n) is 4.51. The maximum atomic E-state index is 12.1. The summed E-state index contributed by atoms with van der Waals surface area (Å²) in [6, 6.07) is 6.57. The van der Waals surface area contributed by atoms with Crippen LogP contribution in [0.25, 0.3) is 27.9 Å². The van der Waals surface area contributed by atoms with Crippen LogP contribution < -0.4 is 15.2 Å². The van der Waals surface area contributed by atoms with Crippen molar-refractivity contribution in [3.05, 3.63) is 42.5 Å². The van der Waals surface area contributed by atoms with Crippen LogP contribution in [0, 0.1) is 0 Å². The quantitative estimate of drug-likeness (QED) is 0.453. The van der Waals surface area contributed by atoms with Gasteiger partial charge in [0.1, 0.15) is 19.0 Å². The second kappa shape index (κ2) is 6.61. The highest BCUT2D eigenvalue weighted by atomic mass is 16.6. The number of carbonyl (C=O) groups excluding carboxylic acids is 1. The monoisotopic (exact) mass is 420 g/mol. The minimum Gasteiger partial charge on any atom is -0.486 e. The van der Waals surface area contributed by atoms with E-state index in [0.29, 0.717) is 48.3 Å². The number of aliphatic hydroxyl groups is 1. The normalized spacial score (nSPS) is 20.6. The number of aromatic nitrogens is 4. The first-order valence-electron chi connectivity index (χ1n) is 10.1. The smallest absolute Gasteiger partial charge is 0.315 e. The van der Waals surface area contributed by atoms with Gasteiger partial charge in [-0.2, -0.15) is 0 Å². The molecule has 2 aliphatic rings. The number of H-pyrrole nitrogens is 1. The molecule has 31 heavy (non-hydrogen) atoms. The van der Waals surface area contributed by atoms with Crippen LogP contribution in [0.3, 0.4) is 0 Å². The van der Waals surface area contributed by atoms with Gasteiger partial charge >= 0.3 is 6.03 Å². The van der Waals surface area contributed by atoms with E-state index >= 15 is 0 Å². The first-order valence-corrected chi connectivity index (χ1v) is 10.1. The van der Waals surface area contributed by atoms with Gasteiger partial charge in [0, 0.05) is 24.7 Å². The number of primary amides is 1. The van der Waals surface area contributed by atoms with Gasteiger partial charge in [-0.05, 0) is 24.3 Å². The number of β-amino-alcohol motifs (C(OH)–C–C–N with tert-alkyl or cyclic N) is 1. The molecule has 158 valence electrons. The van der Waals surface area contributed by atoms with E-state index in [0.717, 1.165) is 16.6 Å². The first-order chi connectivity index (χ1) is 15.1. The van der Waals surface area contributed by atoms with Crippen molar-refractivity contribution in [2.75, 3.05) is 19.8 Å². The number of fused-ring (bicyclic) bond motifs is 4. The van der Waals surface area contributed by atoms with Crippen molar-refractivity contribution in [1.82, 2.24) is 24.3 Å². The maximum Gasteiger partial charge on any atom is 0.315 e. The Labute approximate surface area is 176 Å². The molecule has 10 nitrogen and oxygen atoms in total. The average molecular weight is 420 g/mol. The topological polar surface area (TPSA) is 131 Å². The van der Waals surface area contributed by atoms with E-state index in [1.54, 1.807) is 12.4 Å².